The molecule has 0 saturated carbocycles. The average molecular weight is 279 g/mol. The summed E-state index contributed by atoms with van der Waals surface area (Å²) in [4.78, 5) is 17.5. The quantitative estimate of drug-likeness (QED) is 0.896. The van der Waals surface area contributed by atoms with Crippen molar-refractivity contribution in [3.05, 3.63) is 18.5 Å². The molecule has 2 heterocycles. The van der Waals surface area contributed by atoms with Gasteiger partial charge in [-0.15, -0.1) is 0 Å². The van der Waals surface area contributed by atoms with Crippen LogP contribution in [0.3, 0.4) is 0 Å². The maximum Gasteiger partial charge on any atom is 0.410 e. The zero-order chi connectivity index (χ0) is 14.8. The van der Waals surface area contributed by atoms with E-state index in [1.54, 1.807) is 23.4 Å². The van der Waals surface area contributed by atoms with Crippen molar-refractivity contribution in [2.24, 2.45) is 0 Å². The summed E-state index contributed by atoms with van der Waals surface area (Å²) in [7, 11) is 0. The number of nitrogen functional groups attached to an aromatic ring is 1. The maximum absolute atomic E-state index is 11.9. The van der Waals surface area contributed by atoms with Gasteiger partial charge in [-0.05, 0) is 20.8 Å². The van der Waals surface area contributed by atoms with Gasteiger partial charge in [0.2, 0.25) is 0 Å². The van der Waals surface area contributed by atoms with Crippen molar-refractivity contribution in [1.82, 2.24) is 9.88 Å². The summed E-state index contributed by atoms with van der Waals surface area (Å²) >= 11 is 0. The van der Waals surface area contributed by atoms with Gasteiger partial charge in [-0.25, -0.2) is 4.79 Å². The fraction of sp³-hybridized carbons (Fsp3) is 0.571. The fourth-order valence-corrected chi connectivity index (χ4v) is 2.00. The maximum atomic E-state index is 11.9. The molecule has 1 aromatic heterocycles. The summed E-state index contributed by atoms with van der Waals surface area (Å²) in [5.74, 6) is 0.607. The molecule has 6 heteroatoms. The second kappa shape index (κ2) is 5.56. The predicted octanol–water partition coefficient (Wildman–Crippen LogP) is 2.05. The molecule has 1 aliphatic heterocycles. The van der Waals surface area contributed by atoms with Crippen LogP contribution < -0.4 is 10.5 Å². The van der Waals surface area contributed by atoms with Crippen LogP contribution in [0.2, 0.25) is 0 Å². The molecule has 1 saturated heterocycles. The summed E-state index contributed by atoms with van der Waals surface area (Å²) in [5, 5.41) is 0. The zero-order valence-corrected chi connectivity index (χ0v) is 12.1. The summed E-state index contributed by atoms with van der Waals surface area (Å²) in [5.41, 5.74) is 5.81. The Bertz CT molecular complexity index is 485. The third-order valence-electron chi connectivity index (χ3n) is 2.90. The monoisotopic (exact) mass is 279 g/mol. The third kappa shape index (κ3) is 3.76. The first-order chi connectivity index (χ1) is 9.35. The van der Waals surface area contributed by atoms with E-state index in [2.05, 4.69) is 4.98 Å². The molecule has 1 atom stereocenters. The Labute approximate surface area is 118 Å². The number of anilines is 1. The molecule has 1 fully saturated rings. The van der Waals surface area contributed by atoms with E-state index in [1.807, 2.05) is 20.8 Å². The van der Waals surface area contributed by atoms with E-state index in [4.69, 9.17) is 15.2 Å². The summed E-state index contributed by atoms with van der Waals surface area (Å²) in [6, 6.07) is 1.73. The SMILES string of the molecule is CC(C)(C)OC(=O)N1CCC(Oc2ccncc2N)C1. The molecule has 0 spiro atoms. The van der Waals surface area contributed by atoms with Gasteiger partial charge < -0.3 is 20.1 Å². The predicted molar refractivity (Wildman–Crippen MR) is 75.5 cm³/mol. The number of hydrogen-bond donors (Lipinski definition) is 1. The molecule has 6 nitrogen and oxygen atoms in total. The van der Waals surface area contributed by atoms with Gasteiger partial charge in [0, 0.05) is 25.2 Å². The molecule has 110 valence electrons. The van der Waals surface area contributed by atoms with Crippen molar-refractivity contribution < 1.29 is 14.3 Å². The van der Waals surface area contributed by atoms with E-state index in [0.717, 1.165) is 6.42 Å². The first-order valence-corrected chi connectivity index (χ1v) is 6.69. The van der Waals surface area contributed by atoms with Crippen LogP contribution in [0.25, 0.3) is 0 Å². The highest BCUT2D eigenvalue weighted by Gasteiger charge is 2.31. The Morgan fingerprint density at radius 1 is 1.50 bits per heavy atom. The van der Waals surface area contributed by atoms with E-state index in [-0.39, 0.29) is 12.2 Å². The Kier molecular flexibility index (Phi) is 4.01. The van der Waals surface area contributed by atoms with E-state index >= 15 is 0 Å². The number of ether oxygens (including phenoxy) is 2. The van der Waals surface area contributed by atoms with Crippen LogP contribution in [0.15, 0.2) is 18.5 Å². The van der Waals surface area contributed by atoms with Crippen LogP contribution in [-0.4, -0.2) is 40.8 Å². The minimum Gasteiger partial charge on any atom is -0.486 e. The van der Waals surface area contributed by atoms with Gasteiger partial charge in [0.25, 0.3) is 0 Å². The molecule has 0 aliphatic carbocycles. The number of likely N-dealkylation sites (tertiary alicyclic amines) is 1. The van der Waals surface area contributed by atoms with Crippen molar-refractivity contribution in [3.8, 4) is 5.75 Å². The normalized spacial score (nSPS) is 18.9. The Hall–Kier alpha value is -1.98. The van der Waals surface area contributed by atoms with E-state index < -0.39 is 5.60 Å². The summed E-state index contributed by atoms with van der Waals surface area (Å²) in [6.45, 7) is 6.70. The lowest BCUT2D eigenvalue weighted by Crippen LogP contribution is -2.36. The first-order valence-electron chi connectivity index (χ1n) is 6.69. The highest BCUT2D eigenvalue weighted by atomic mass is 16.6. The molecule has 1 amide bonds. The number of carbonyl (C=O) groups excluding carboxylic acids is 1. The standard InChI is InChI=1S/C14H21N3O3/c1-14(2,3)20-13(18)17-7-5-10(9-17)19-12-4-6-16-8-11(12)15/h4,6,8,10H,5,7,9,15H2,1-3H3. The van der Waals surface area contributed by atoms with Crippen LogP contribution in [0, 0.1) is 0 Å². The van der Waals surface area contributed by atoms with Crippen molar-refractivity contribution in [2.45, 2.75) is 38.9 Å². The Morgan fingerprint density at radius 3 is 2.90 bits per heavy atom. The number of nitrogens with zero attached hydrogens (tertiary/aromatic N) is 2. The van der Waals surface area contributed by atoms with E-state index in [1.165, 1.54) is 0 Å². The van der Waals surface area contributed by atoms with Crippen LogP contribution in [0.1, 0.15) is 27.2 Å². The second-order valence-electron chi connectivity index (χ2n) is 5.87. The molecular weight excluding hydrogens is 258 g/mol. The molecular formula is C14H21N3O3. The van der Waals surface area contributed by atoms with E-state index in [0.29, 0.717) is 24.5 Å². The van der Waals surface area contributed by atoms with Gasteiger partial charge in [-0.1, -0.05) is 0 Å². The van der Waals surface area contributed by atoms with Gasteiger partial charge in [0.05, 0.1) is 18.4 Å². The van der Waals surface area contributed by atoms with Crippen molar-refractivity contribution in [2.75, 3.05) is 18.8 Å². The number of hydrogen-bond acceptors (Lipinski definition) is 5. The van der Waals surface area contributed by atoms with Crippen LogP contribution >= 0.6 is 0 Å². The minimum atomic E-state index is -0.481. The fourth-order valence-electron chi connectivity index (χ4n) is 2.00. The number of amides is 1. The van der Waals surface area contributed by atoms with Crippen molar-refractivity contribution in [1.29, 1.82) is 0 Å². The molecule has 1 unspecified atom stereocenters. The highest BCUT2D eigenvalue weighted by Crippen LogP contribution is 2.24. The van der Waals surface area contributed by atoms with Crippen LogP contribution in [-0.2, 0) is 4.74 Å². The van der Waals surface area contributed by atoms with Crippen molar-refractivity contribution >= 4 is 11.8 Å². The lowest BCUT2D eigenvalue weighted by Gasteiger charge is -2.24. The zero-order valence-electron chi connectivity index (χ0n) is 12.1. The van der Waals surface area contributed by atoms with Gasteiger partial charge >= 0.3 is 6.09 Å². The largest absolute Gasteiger partial charge is 0.486 e. The molecule has 2 rings (SSSR count). The smallest absolute Gasteiger partial charge is 0.410 e. The molecule has 20 heavy (non-hydrogen) atoms. The van der Waals surface area contributed by atoms with Gasteiger partial charge in [-0.3, -0.25) is 4.98 Å². The average Bonchev–Trinajstić information content (AvgIpc) is 2.79. The first kappa shape index (κ1) is 14.4. The van der Waals surface area contributed by atoms with Gasteiger partial charge in [-0.2, -0.15) is 0 Å². The Morgan fingerprint density at radius 2 is 2.25 bits per heavy atom. The van der Waals surface area contributed by atoms with Crippen molar-refractivity contribution in [3.63, 3.8) is 0 Å². The topological polar surface area (TPSA) is 77.7 Å². The number of aromatic nitrogens is 1. The summed E-state index contributed by atoms with van der Waals surface area (Å²) in [6.07, 6.45) is 3.59. The third-order valence-corrected chi connectivity index (χ3v) is 2.90. The molecule has 1 aliphatic rings. The number of carbonyl (C=O) groups is 1. The van der Waals surface area contributed by atoms with Gasteiger partial charge in [0.1, 0.15) is 17.5 Å². The van der Waals surface area contributed by atoms with Gasteiger partial charge in [0.15, 0.2) is 0 Å². The summed E-state index contributed by atoms with van der Waals surface area (Å²) < 4.78 is 11.1. The molecule has 2 N–H and O–H groups in total. The lowest BCUT2D eigenvalue weighted by atomic mass is 10.2. The highest BCUT2D eigenvalue weighted by molar-refractivity contribution is 5.68. The number of pyridine rings is 1. The number of rotatable bonds is 2. The van der Waals surface area contributed by atoms with E-state index in [9.17, 15) is 4.79 Å². The molecule has 1 aromatic rings. The molecule has 0 radical (unpaired) electrons. The minimum absolute atomic E-state index is 0.0628. The molecule has 0 bridgehead atoms. The lowest BCUT2D eigenvalue weighted by molar-refractivity contribution is 0.0276. The molecule has 0 aromatic carbocycles. The second-order valence-corrected chi connectivity index (χ2v) is 5.87. The van der Waals surface area contributed by atoms with Crippen LogP contribution in [0.5, 0.6) is 5.75 Å². The van der Waals surface area contributed by atoms with Crippen LogP contribution in [0.4, 0.5) is 10.5 Å². The number of nitrogens with two attached hydrogens (primary N) is 1. The Balaban J connectivity index is 1.90.